The van der Waals surface area contributed by atoms with E-state index in [-0.39, 0.29) is 11.9 Å². The number of nitrogens with two attached hydrogens (primary N) is 1. The van der Waals surface area contributed by atoms with E-state index in [1.807, 2.05) is 18.2 Å². The number of benzene rings is 1. The summed E-state index contributed by atoms with van der Waals surface area (Å²) in [5.41, 5.74) is 6.96. The largest absolute Gasteiger partial charge is 0.409 e. The van der Waals surface area contributed by atoms with Gasteiger partial charge in [0.25, 0.3) is 0 Å². The van der Waals surface area contributed by atoms with Gasteiger partial charge in [-0.25, -0.2) is 0 Å². The van der Waals surface area contributed by atoms with Crippen LogP contribution in [0.25, 0.3) is 0 Å². The van der Waals surface area contributed by atoms with Gasteiger partial charge in [-0.3, -0.25) is 4.90 Å². The lowest BCUT2D eigenvalue weighted by Crippen LogP contribution is -2.48. The van der Waals surface area contributed by atoms with E-state index in [0.29, 0.717) is 6.42 Å². The molecule has 1 heterocycles. The second kappa shape index (κ2) is 7.26. The molecule has 20 heavy (non-hydrogen) atoms. The quantitative estimate of drug-likeness (QED) is 0.370. The molecule has 1 aliphatic rings. The van der Waals surface area contributed by atoms with Gasteiger partial charge in [-0.2, -0.15) is 0 Å². The highest BCUT2D eigenvalue weighted by molar-refractivity contribution is 5.80. The summed E-state index contributed by atoms with van der Waals surface area (Å²) < 4.78 is 0. The fourth-order valence-corrected chi connectivity index (χ4v) is 2.76. The molecule has 1 aromatic rings. The fourth-order valence-electron chi connectivity index (χ4n) is 2.76. The lowest BCUT2D eigenvalue weighted by Gasteiger charge is -2.39. The number of oxime groups is 1. The molecule has 5 heteroatoms. The van der Waals surface area contributed by atoms with Crippen molar-refractivity contribution < 1.29 is 5.21 Å². The summed E-state index contributed by atoms with van der Waals surface area (Å²) in [4.78, 5) is 4.88. The predicted octanol–water partition coefficient (Wildman–Crippen LogP) is 1.50. The second-order valence-electron chi connectivity index (χ2n) is 5.19. The third-order valence-corrected chi connectivity index (χ3v) is 4.01. The van der Waals surface area contributed by atoms with Gasteiger partial charge in [-0.05, 0) is 12.1 Å². The zero-order valence-electron chi connectivity index (χ0n) is 12.1. The van der Waals surface area contributed by atoms with Gasteiger partial charge < -0.3 is 15.8 Å². The number of nitrogens with zero attached hydrogens (tertiary/aromatic N) is 3. The summed E-state index contributed by atoms with van der Waals surface area (Å²) in [7, 11) is 0. The highest BCUT2D eigenvalue weighted by atomic mass is 16.4. The number of rotatable bonds is 5. The Bertz CT molecular complexity index is 427. The van der Waals surface area contributed by atoms with E-state index in [4.69, 9.17) is 10.9 Å². The SMILES string of the molecule is CCN1CCN(C(CC(N)=NO)c2ccccc2)CC1. The number of amidine groups is 1. The lowest BCUT2D eigenvalue weighted by atomic mass is 10.0. The number of piperazine rings is 1. The Balaban J connectivity index is 2.11. The maximum absolute atomic E-state index is 8.85. The third-order valence-electron chi connectivity index (χ3n) is 4.01. The molecule has 0 aromatic heterocycles. The summed E-state index contributed by atoms with van der Waals surface area (Å²) in [5, 5.41) is 12.0. The van der Waals surface area contributed by atoms with Crippen LogP contribution in [0.5, 0.6) is 0 Å². The van der Waals surface area contributed by atoms with Crippen LogP contribution in [0.3, 0.4) is 0 Å². The van der Waals surface area contributed by atoms with Crippen LogP contribution in [0.2, 0.25) is 0 Å². The summed E-state index contributed by atoms with van der Waals surface area (Å²) >= 11 is 0. The predicted molar refractivity (Wildman–Crippen MR) is 80.9 cm³/mol. The van der Waals surface area contributed by atoms with Gasteiger partial charge in [-0.15, -0.1) is 0 Å². The van der Waals surface area contributed by atoms with Crippen molar-refractivity contribution >= 4 is 5.84 Å². The second-order valence-corrected chi connectivity index (χ2v) is 5.19. The van der Waals surface area contributed by atoms with Gasteiger partial charge in [0.2, 0.25) is 0 Å². The van der Waals surface area contributed by atoms with Crippen molar-refractivity contribution in [3.8, 4) is 0 Å². The third kappa shape index (κ3) is 3.71. The smallest absolute Gasteiger partial charge is 0.141 e. The van der Waals surface area contributed by atoms with Gasteiger partial charge in [0.05, 0.1) is 0 Å². The van der Waals surface area contributed by atoms with Crippen molar-refractivity contribution in [2.45, 2.75) is 19.4 Å². The van der Waals surface area contributed by atoms with Crippen LogP contribution in [0.4, 0.5) is 0 Å². The van der Waals surface area contributed by atoms with Crippen LogP contribution >= 0.6 is 0 Å². The van der Waals surface area contributed by atoms with E-state index in [1.54, 1.807) is 0 Å². The van der Waals surface area contributed by atoms with Crippen molar-refractivity contribution in [2.24, 2.45) is 10.9 Å². The Hall–Kier alpha value is -1.59. The zero-order chi connectivity index (χ0) is 14.4. The molecule has 1 aliphatic heterocycles. The van der Waals surface area contributed by atoms with Gasteiger partial charge in [0, 0.05) is 38.6 Å². The molecule has 1 fully saturated rings. The Morgan fingerprint density at radius 1 is 1.25 bits per heavy atom. The van der Waals surface area contributed by atoms with Crippen LogP contribution in [-0.4, -0.2) is 53.6 Å². The van der Waals surface area contributed by atoms with E-state index >= 15 is 0 Å². The molecular formula is C15H24N4O. The molecule has 1 saturated heterocycles. The molecule has 5 nitrogen and oxygen atoms in total. The fraction of sp³-hybridized carbons (Fsp3) is 0.533. The highest BCUT2D eigenvalue weighted by Gasteiger charge is 2.25. The van der Waals surface area contributed by atoms with Crippen LogP contribution in [0, 0.1) is 0 Å². The summed E-state index contributed by atoms with van der Waals surface area (Å²) in [6, 6.07) is 10.5. The molecule has 0 amide bonds. The molecule has 2 rings (SSSR count). The van der Waals surface area contributed by atoms with Crippen molar-refractivity contribution in [3.63, 3.8) is 0 Å². The Kier molecular flexibility index (Phi) is 5.38. The molecule has 1 aromatic carbocycles. The normalized spacial score (nSPS) is 19.9. The van der Waals surface area contributed by atoms with E-state index in [9.17, 15) is 0 Å². The first-order valence-corrected chi connectivity index (χ1v) is 7.22. The summed E-state index contributed by atoms with van der Waals surface area (Å²) in [5.74, 6) is 0.289. The average Bonchev–Trinajstić information content (AvgIpc) is 2.53. The molecule has 1 atom stereocenters. The molecular weight excluding hydrogens is 252 g/mol. The van der Waals surface area contributed by atoms with E-state index in [0.717, 1.165) is 32.7 Å². The van der Waals surface area contributed by atoms with Crippen LogP contribution in [-0.2, 0) is 0 Å². The van der Waals surface area contributed by atoms with Crippen molar-refractivity contribution in [1.29, 1.82) is 0 Å². The summed E-state index contributed by atoms with van der Waals surface area (Å²) in [6.07, 6.45) is 0.562. The molecule has 0 saturated carbocycles. The monoisotopic (exact) mass is 276 g/mol. The number of hydrogen-bond acceptors (Lipinski definition) is 4. The van der Waals surface area contributed by atoms with Crippen LogP contribution in [0.15, 0.2) is 35.5 Å². The van der Waals surface area contributed by atoms with Crippen molar-refractivity contribution in [1.82, 2.24) is 9.80 Å². The maximum Gasteiger partial charge on any atom is 0.141 e. The Morgan fingerprint density at radius 3 is 2.45 bits per heavy atom. The minimum Gasteiger partial charge on any atom is -0.409 e. The zero-order valence-corrected chi connectivity index (χ0v) is 12.1. The molecule has 0 spiro atoms. The maximum atomic E-state index is 8.85. The van der Waals surface area contributed by atoms with Gasteiger partial charge in [0.1, 0.15) is 5.84 Å². The molecule has 0 radical (unpaired) electrons. The summed E-state index contributed by atoms with van der Waals surface area (Å²) in [6.45, 7) is 7.50. The number of hydrogen-bond donors (Lipinski definition) is 2. The average molecular weight is 276 g/mol. The van der Waals surface area contributed by atoms with E-state index in [2.05, 4.69) is 34.0 Å². The van der Waals surface area contributed by atoms with Gasteiger partial charge in [0.15, 0.2) is 0 Å². The molecule has 3 N–H and O–H groups in total. The van der Waals surface area contributed by atoms with Gasteiger partial charge in [-0.1, -0.05) is 42.4 Å². The minimum atomic E-state index is 0.186. The standard InChI is InChI=1S/C15H24N4O/c1-2-18-8-10-19(11-9-18)14(12-15(16)17-20)13-6-4-3-5-7-13/h3-7,14,20H,2,8-12H2,1H3,(H2,16,17). The lowest BCUT2D eigenvalue weighted by molar-refractivity contribution is 0.101. The first-order valence-electron chi connectivity index (χ1n) is 7.22. The van der Waals surface area contributed by atoms with Crippen LogP contribution < -0.4 is 5.73 Å². The topological polar surface area (TPSA) is 65.1 Å². The Labute approximate surface area is 120 Å². The molecule has 0 bridgehead atoms. The van der Waals surface area contributed by atoms with Crippen LogP contribution in [0.1, 0.15) is 24.9 Å². The van der Waals surface area contributed by atoms with Crippen molar-refractivity contribution in [3.05, 3.63) is 35.9 Å². The van der Waals surface area contributed by atoms with Crippen molar-refractivity contribution in [2.75, 3.05) is 32.7 Å². The number of likely N-dealkylation sites (N-methyl/N-ethyl adjacent to an activating group) is 1. The first kappa shape index (κ1) is 14.8. The molecule has 110 valence electrons. The molecule has 0 aliphatic carbocycles. The van der Waals surface area contributed by atoms with E-state index < -0.39 is 0 Å². The van der Waals surface area contributed by atoms with E-state index in [1.165, 1.54) is 5.56 Å². The van der Waals surface area contributed by atoms with Gasteiger partial charge >= 0.3 is 0 Å². The Morgan fingerprint density at radius 2 is 1.90 bits per heavy atom. The minimum absolute atomic E-state index is 0.186. The molecule has 1 unspecified atom stereocenters. The first-order chi connectivity index (χ1) is 9.74. The highest BCUT2D eigenvalue weighted by Crippen LogP contribution is 2.25.